The fourth-order valence-corrected chi connectivity index (χ4v) is 1.66. The van der Waals surface area contributed by atoms with Crippen molar-refractivity contribution in [1.29, 1.82) is 0 Å². The lowest BCUT2D eigenvalue weighted by atomic mass is 10.1. The highest BCUT2D eigenvalue weighted by Gasteiger charge is 2.08. The second-order valence-corrected chi connectivity index (χ2v) is 4.42. The largest absolute Gasteiger partial charge is 0.355 e. The predicted molar refractivity (Wildman–Crippen MR) is 76.2 cm³/mol. The zero-order valence-electron chi connectivity index (χ0n) is 11.7. The van der Waals surface area contributed by atoms with Crippen LogP contribution in [0.2, 0.25) is 0 Å². The molecule has 5 nitrogen and oxygen atoms in total. The topological polar surface area (TPSA) is 70.2 Å². The van der Waals surface area contributed by atoms with Crippen LogP contribution < -0.4 is 16.0 Å². The molecule has 5 heteroatoms. The van der Waals surface area contributed by atoms with E-state index in [4.69, 9.17) is 0 Å². The van der Waals surface area contributed by atoms with Crippen molar-refractivity contribution in [2.75, 3.05) is 18.4 Å². The molecular formula is C14H21N3O2. The predicted octanol–water partition coefficient (Wildman–Crippen LogP) is 1.95. The van der Waals surface area contributed by atoms with Crippen LogP contribution in [0.3, 0.4) is 0 Å². The highest BCUT2D eigenvalue weighted by molar-refractivity contribution is 5.93. The molecule has 3 amide bonds. The summed E-state index contributed by atoms with van der Waals surface area (Å²) in [6.07, 6.45) is 0.875. The Morgan fingerprint density at radius 3 is 2.32 bits per heavy atom. The van der Waals surface area contributed by atoms with Gasteiger partial charge in [-0.05, 0) is 31.4 Å². The van der Waals surface area contributed by atoms with E-state index in [2.05, 4.69) is 16.0 Å². The Balaban J connectivity index is 2.45. The van der Waals surface area contributed by atoms with Crippen LogP contribution in [0.5, 0.6) is 0 Å². The summed E-state index contributed by atoms with van der Waals surface area (Å²) in [4.78, 5) is 23.0. The highest BCUT2D eigenvalue weighted by Crippen LogP contribution is 2.18. The van der Waals surface area contributed by atoms with Gasteiger partial charge in [-0.15, -0.1) is 0 Å². The smallest absolute Gasteiger partial charge is 0.319 e. The van der Waals surface area contributed by atoms with E-state index in [9.17, 15) is 9.59 Å². The van der Waals surface area contributed by atoms with Crippen molar-refractivity contribution >= 4 is 17.6 Å². The van der Waals surface area contributed by atoms with Gasteiger partial charge in [-0.2, -0.15) is 0 Å². The molecule has 19 heavy (non-hydrogen) atoms. The molecule has 0 fully saturated rings. The maximum atomic E-state index is 11.7. The molecule has 0 unspecified atom stereocenters. The monoisotopic (exact) mass is 263 g/mol. The van der Waals surface area contributed by atoms with E-state index in [-0.39, 0.29) is 18.5 Å². The molecule has 0 aliphatic rings. The maximum absolute atomic E-state index is 11.7. The number of rotatable bonds is 5. The van der Waals surface area contributed by atoms with E-state index in [0.717, 1.165) is 23.2 Å². The summed E-state index contributed by atoms with van der Waals surface area (Å²) >= 11 is 0. The summed E-state index contributed by atoms with van der Waals surface area (Å²) in [6, 6.07) is 5.42. The summed E-state index contributed by atoms with van der Waals surface area (Å²) in [5, 5.41) is 7.98. The minimum Gasteiger partial charge on any atom is -0.355 e. The third-order valence-corrected chi connectivity index (χ3v) is 2.70. The van der Waals surface area contributed by atoms with Gasteiger partial charge >= 0.3 is 6.03 Å². The Bertz CT molecular complexity index is 438. The lowest BCUT2D eigenvalue weighted by Crippen LogP contribution is -2.39. The van der Waals surface area contributed by atoms with Gasteiger partial charge in [0.15, 0.2) is 0 Å². The Morgan fingerprint density at radius 1 is 1.11 bits per heavy atom. The van der Waals surface area contributed by atoms with Crippen LogP contribution >= 0.6 is 0 Å². The first kappa shape index (κ1) is 15.0. The van der Waals surface area contributed by atoms with Gasteiger partial charge in [0, 0.05) is 12.2 Å². The molecule has 0 radical (unpaired) electrons. The van der Waals surface area contributed by atoms with Crippen LogP contribution in [-0.2, 0) is 4.79 Å². The molecule has 1 rings (SSSR count). The summed E-state index contributed by atoms with van der Waals surface area (Å²) in [7, 11) is 0. The fourth-order valence-electron chi connectivity index (χ4n) is 1.66. The zero-order chi connectivity index (χ0) is 14.3. The van der Waals surface area contributed by atoms with E-state index in [1.165, 1.54) is 0 Å². The molecule has 0 aliphatic carbocycles. The van der Waals surface area contributed by atoms with Gasteiger partial charge in [0.25, 0.3) is 0 Å². The molecule has 0 aliphatic heterocycles. The summed E-state index contributed by atoms with van der Waals surface area (Å²) in [5.41, 5.74) is 2.77. The number of para-hydroxylation sites is 1. The average Bonchev–Trinajstić information content (AvgIpc) is 2.38. The quantitative estimate of drug-likeness (QED) is 0.760. The van der Waals surface area contributed by atoms with Gasteiger partial charge in [-0.3, -0.25) is 4.79 Å². The number of nitrogens with one attached hydrogen (secondary N) is 3. The number of urea groups is 1. The third-order valence-electron chi connectivity index (χ3n) is 2.70. The molecule has 0 spiro atoms. The van der Waals surface area contributed by atoms with Crippen molar-refractivity contribution in [1.82, 2.24) is 10.6 Å². The third kappa shape index (κ3) is 4.99. The van der Waals surface area contributed by atoms with E-state index in [1.807, 2.05) is 39.0 Å². The number of amides is 3. The van der Waals surface area contributed by atoms with Gasteiger partial charge < -0.3 is 16.0 Å². The number of hydrogen-bond acceptors (Lipinski definition) is 2. The van der Waals surface area contributed by atoms with Crippen molar-refractivity contribution in [3.63, 3.8) is 0 Å². The highest BCUT2D eigenvalue weighted by atomic mass is 16.2. The molecule has 104 valence electrons. The molecule has 0 saturated heterocycles. The first-order valence-electron chi connectivity index (χ1n) is 6.42. The standard InChI is InChI=1S/C14H21N3O2/c1-4-8-15-12(18)9-16-14(19)17-13-10(2)6-5-7-11(13)3/h5-7H,4,8-9H2,1-3H3,(H,15,18)(H2,16,17,19). The van der Waals surface area contributed by atoms with Crippen molar-refractivity contribution in [2.45, 2.75) is 27.2 Å². The molecule has 0 heterocycles. The SMILES string of the molecule is CCCNC(=O)CNC(=O)Nc1c(C)cccc1C. The van der Waals surface area contributed by atoms with E-state index >= 15 is 0 Å². The summed E-state index contributed by atoms with van der Waals surface area (Å²) in [6.45, 7) is 6.43. The van der Waals surface area contributed by atoms with Crippen LogP contribution in [0.25, 0.3) is 0 Å². The van der Waals surface area contributed by atoms with Gasteiger partial charge in [-0.1, -0.05) is 25.1 Å². The van der Waals surface area contributed by atoms with Crippen LogP contribution in [0.4, 0.5) is 10.5 Å². The number of carbonyl (C=O) groups excluding carboxylic acids is 2. The molecule has 0 bridgehead atoms. The Hall–Kier alpha value is -2.04. The van der Waals surface area contributed by atoms with E-state index in [0.29, 0.717) is 6.54 Å². The normalized spacial score (nSPS) is 9.84. The van der Waals surface area contributed by atoms with Crippen molar-refractivity contribution < 1.29 is 9.59 Å². The molecular weight excluding hydrogens is 242 g/mol. The van der Waals surface area contributed by atoms with Crippen molar-refractivity contribution in [2.24, 2.45) is 0 Å². The molecule has 0 saturated carbocycles. The Kier molecular flexibility index (Phi) is 5.85. The van der Waals surface area contributed by atoms with E-state index in [1.54, 1.807) is 0 Å². The molecule has 0 atom stereocenters. The van der Waals surface area contributed by atoms with Gasteiger partial charge in [0.05, 0.1) is 6.54 Å². The zero-order valence-corrected chi connectivity index (χ0v) is 11.7. The number of benzene rings is 1. The number of carbonyl (C=O) groups is 2. The first-order chi connectivity index (χ1) is 9.04. The summed E-state index contributed by atoms with van der Waals surface area (Å²) in [5.74, 6) is -0.182. The lowest BCUT2D eigenvalue weighted by Gasteiger charge is -2.12. The Labute approximate surface area is 113 Å². The summed E-state index contributed by atoms with van der Waals surface area (Å²) < 4.78 is 0. The number of anilines is 1. The molecule has 1 aromatic rings. The van der Waals surface area contributed by atoms with Gasteiger partial charge in [0.2, 0.25) is 5.91 Å². The second kappa shape index (κ2) is 7.41. The van der Waals surface area contributed by atoms with Crippen LogP contribution in [0.1, 0.15) is 24.5 Å². The number of aryl methyl sites for hydroxylation is 2. The average molecular weight is 263 g/mol. The lowest BCUT2D eigenvalue weighted by molar-refractivity contribution is -0.120. The second-order valence-electron chi connectivity index (χ2n) is 4.42. The Morgan fingerprint density at radius 2 is 1.74 bits per heavy atom. The molecule has 3 N–H and O–H groups in total. The molecule has 1 aromatic carbocycles. The van der Waals surface area contributed by atoms with Gasteiger partial charge in [-0.25, -0.2) is 4.79 Å². The van der Waals surface area contributed by atoms with Crippen LogP contribution in [0.15, 0.2) is 18.2 Å². The minimum absolute atomic E-state index is 0.0171. The fraction of sp³-hybridized carbons (Fsp3) is 0.429. The van der Waals surface area contributed by atoms with E-state index < -0.39 is 0 Å². The van der Waals surface area contributed by atoms with Crippen LogP contribution in [0, 0.1) is 13.8 Å². The minimum atomic E-state index is -0.371. The van der Waals surface area contributed by atoms with Crippen LogP contribution in [-0.4, -0.2) is 25.0 Å². The maximum Gasteiger partial charge on any atom is 0.319 e. The van der Waals surface area contributed by atoms with Crippen molar-refractivity contribution in [3.05, 3.63) is 29.3 Å². The van der Waals surface area contributed by atoms with Gasteiger partial charge in [0.1, 0.15) is 0 Å². The number of hydrogen-bond donors (Lipinski definition) is 3. The first-order valence-corrected chi connectivity index (χ1v) is 6.42. The molecule has 0 aromatic heterocycles. The van der Waals surface area contributed by atoms with Crippen molar-refractivity contribution in [3.8, 4) is 0 Å².